The predicted octanol–water partition coefficient (Wildman–Crippen LogP) is 4.39. The van der Waals surface area contributed by atoms with Gasteiger partial charge in [0.1, 0.15) is 23.3 Å². The maximum Gasteiger partial charge on any atom is 0.303 e. The molecule has 2 aromatic carbocycles. The molecular formula is C26H26N2O6S. The first-order valence-electron chi connectivity index (χ1n) is 11.1. The number of carboxylic acid groups (broad SMARTS) is 1. The average Bonchev–Trinajstić information content (AvgIpc) is 2.85. The number of hydrogen-bond donors (Lipinski definition) is 1. The van der Waals surface area contributed by atoms with Crippen molar-refractivity contribution in [2.75, 3.05) is 18.0 Å². The number of pyridine rings is 1. The Morgan fingerprint density at radius 3 is 2.77 bits per heavy atom. The van der Waals surface area contributed by atoms with Crippen LogP contribution in [-0.2, 0) is 14.8 Å². The van der Waals surface area contributed by atoms with Crippen LogP contribution in [0.3, 0.4) is 0 Å². The summed E-state index contributed by atoms with van der Waals surface area (Å²) in [6, 6.07) is 15.5. The lowest BCUT2D eigenvalue weighted by Gasteiger charge is -2.35. The van der Waals surface area contributed by atoms with Crippen LogP contribution in [0.15, 0.2) is 65.7 Å². The van der Waals surface area contributed by atoms with Crippen LogP contribution in [0.1, 0.15) is 29.7 Å². The van der Waals surface area contributed by atoms with E-state index in [1.54, 1.807) is 61.8 Å². The van der Waals surface area contributed by atoms with Gasteiger partial charge in [0, 0.05) is 12.6 Å². The third-order valence-electron chi connectivity index (χ3n) is 5.63. The minimum atomic E-state index is -3.91. The van der Waals surface area contributed by atoms with Crippen LogP contribution < -0.4 is 13.8 Å². The molecule has 0 saturated heterocycles. The molecule has 0 saturated carbocycles. The van der Waals surface area contributed by atoms with Crippen LogP contribution in [-0.4, -0.2) is 44.2 Å². The summed E-state index contributed by atoms with van der Waals surface area (Å²) >= 11 is 0. The maximum absolute atomic E-state index is 13.7. The first kappa shape index (κ1) is 24.3. The molecule has 1 N–H and O–H groups in total. The first-order chi connectivity index (χ1) is 16.8. The normalized spacial score (nSPS) is 15.5. The van der Waals surface area contributed by atoms with E-state index in [1.165, 1.54) is 4.31 Å². The number of sulfonamides is 1. The van der Waals surface area contributed by atoms with E-state index in [0.717, 1.165) is 11.1 Å². The van der Waals surface area contributed by atoms with E-state index in [9.17, 15) is 13.2 Å². The van der Waals surface area contributed by atoms with Gasteiger partial charge in [-0.15, -0.1) is 0 Å². The molecule has 9 heteroatoms. The van der Waals surface area contributed by atoms with Gasteiger partial charge < -0.3 is 14.6 Å². The molecule has 1 aliphatic rings. The van der Waals surface area contributed by atoms with Crippen molar-refractivity contribution in [2.45, 2.75) is 30.8 Å². The zero-order valence-electron chi connectivity index (χ0n) is 19.4. The highest BCUT2D eigenvalue weighted by Gasteiger charge is 2.34. The molecule has 0 spiro atoms. The van der Waals surface area contributed by atoms with Gasteiger partial charge in [0.05, 0.1) is 24.2 Å². The molecule has 0 radical (unpaired) electrons. The van der Waals surface area contributed by atoms with Crippen molar-refractivity contribution in [3.63, 3.8) is 0 Å². The molecule has 182 valence electrons. The quantitative estimate of drug-likeness (QED) is 0.495. The van der Waals surface area contributed by atoms with Crippen LogP contribution >= 0.6 is 0 Å². The fourth-order valence-electron chi connectivity index (χ4n) is 3.87. The molecule has 1 atom stereocenters. The lowest BCUT2D eigenvalue weighted by Crippen LogP contribution is -2.43. The summed E-state index contributed by atoms with van der Waals surface area (Å²) in [7, 11) is -2.35. The number of nitrogens with zero attached hydrogens (tertiary/aromatic N) is 2. The van der Waals surface area contributed by atoms with Crippen molar-refractivity contribution in [3.05, 3.63) is 77.6 Å². The Morgan fingerprint density at radius 2 is 2.03 bits per heavy atom. The van der Waals surface area contributed by atoms with Crippen molar-refractivity contribution in [2.24, 2.45) is 0 Å². The fraction of sp³-hybridized carbons (Fsp3) is 0.231. The summed E-state index contributed by atoms with van der Waals surface area (Å²) in [5.41, 5.74) is 2.60. The molecule has 0 amide bonds. The number of carbonyl (C=O) groups is 1. The lowest BCUT2D eigenvalue weighted by molar-refractivity contribution is -0.137. The largest absolute Gasteiger partial charge is 0.494 e. The topological polar surface area (TPSA) is 106 Å². The molecule has 4 rings (SSSR count). The molecule has 2 heterocycles. The second-order valence-electron chi connectivity index (χ2n) is 8.18. The second kappa shape index (κ2) is 10.2. The first-order valence-corrected chi connectivity index (χ1v) is 12.5. The Balaban J connectivity index is 1.73. The van der Waals surface area contributed by atoms with Gasteiger partial charge in [-0.3, -0.25) is 14.1 Å². The van der Waals surface area contributed by atoms with E-state index in [2.05, 4.69) is 4.98 Å². The van der Waals surface area contributed by atoms with E-state index in [4.69, 9.17) is 14.6 Å². The van der Waals surface area contributed by atoms with Gasteiger partial charge in [-0.1, -0.05) is 24.3 Å². The Kier molecular flexibility index (Phi) is 7.07. The van der Waals surface area contributed by atoms with Gasteiger partial charge >= 0.3 is 5.97 Å². The van der Waals surface area contributed by atoms with Gasteiger partial charge in [-0.2, -0.15) is 0 Å². The van der Waals surface area contributed by atoms with Crippen LogP contribution in [0.2, 0.25) is 0 Å². The minimum absolute atomic E-state index is 0.0117. The Morgan fingerprint density at radius 1 is 1.20 bits per heavy atom. The molecule has 35 heavy (non-hydrogen) atoms. The summed E-state index contributed by atoms with van der Waals surface area (Å²) in [6.07, 6.45) is 4.76. The van der Waals surface area contributed by atoms with E-state index < -0.39 is 22.1 Å². The van der Waals surface area contributed by atoms with Crippen molar-refractivity contribution < 1.29 is 27.8 Å². The number of benzene rings is 2. The van der Waals surface area contributed by atoms with Crippen molar-refractivity contribution >= 4 is 33.8 Å². The van der Waals surface area contributed by atoms with E-state index >= 15 is 0 Å². The highest BCUT2D eigenvalue weighted by atomic mass is 32.2. The lowest BCUT2D eigenvalue weighted by atomic mass is 10.1. The highest BCUT2D eigenvalue weighted by Crippen LogP contribution is 2.39. The zero-order valence-corrected chi connectivity index (χ0v) is 20.2. The van der Waals surface area contributed by atoms with Gasteiger partial charge in [0.2, 0.25) is 0 Å². The van der Waals surface area contributed by atoms with E-state index in [-0.39, 0.29) is 24.3 Å². The van der Waals surface area contributed by atoms with Gasteiger partial charge in [-0.25, -0.2) is 8.42 Å². The summed E-state index contributed by atoms with van der Waals surface area (Å²) < 4.78 is 40.0. The predicted molar refractivity (Wildman–Crippen MR) is 133 cm³/mol. The third-order valence-corrected chi connectivity index (χ3v) is 7.40. The van der Waals surface area contributed by atoms with Crippen LogP contribution in [0.4, 0.5) is 5.69 Å². The van der Waals surface area contributed by atoms with Crippen molar-refractivity contribution in [1.82, 2.24) is 4.98 Å². The smallest absolute Gasteiger partial charge is 0.303 e. The molecule has 1 aliphatic heterocycles. The number of ether oxygens (including phenoxy) is 2. The van der Waals surface area contributed by atoms with Gasteiger partial charge in [0.15, 0.2) is 0 Å². The fourth-order valence-corrected chi connectivity index (χ4v) is 5.48. The number of rotatable bonds is 8. The number of hydrogen-bond acceptors (Lipinski definition) is 6. The molecule has 3 aromatic rings. The van der Waals surface area contributed by atoms with Gasteiger partial charge in [0.25, 0.3) is 10.0 Å². The summed E-state index contributed by atoms with van der Waals surface area (Å²) in [4.78, 5) is 15.6. The Hall–Kier alpha value is -3.85. The van der Waals surface area contributed by atoms with Crippen molar-refractivity contribution in [1.29, 1.82) is 0 Å². The zero-order chi connectivity index (χ0) is 25.0. The van der Waals surface area contributed by atoms with Crippen molar-refractivity contribution in [3.8, 4) is 11.5 Å². The molecule has 8 nitrogen and oxygen atoms in total. The molecular weight excluding hydrogens is 468 g/mol. The number of aliphatic carboxylic acids is 1. The average molecular weight is 495 g/mol. The van der Waals surface area contributed by atoms with Crippen LogP contribution in [0.25, 0.3) is 12.2 Å². The SMILES string of the molecule is COc1cccnc1/C=C/c1ccc2c(c1)N(S(=O)(=O)c1cccc(C)c1)C[C@H](CCC(=O)O)O2. The van der Waals surface area contributed by atoms with Gasteiger partial charge in [-0.05, 0) is 66.9 Å². The molecule has 0 bridgehead atoms. The second-order valence-corrected chi connectivity index (χ2v) is 10.0. The van der Waals surface area contributed by atoms with E-state index in [0.29, 0.717) is 22.9 Å². The standard InChI is InChI=1S/C26H26N2O6S/c1-18-5-3-6-21(15-18)35(31,32)28-17-20(10-13-26(29)30)34-25-12-9-19(16-23(25)28)8-11-22-24(33-2)7-4-14-27-22/h3-9,11-12,14-16,20H,10,13,17H2,1-2H3,(H,29,30)/b11-8+/t20-/m0/s1. The number of aryl methyl sites for hydroxylation is 1. The number of anilines is 1. The Labute approximate surface area is 204 Å². The van der Waals surface area contributed by atoms with E-state index in [1.807, 2.05) is 25.1 Å². The molecule has 0 unspecified atom stereocenters. The molecule has 0 fully saturated rings. The van der Waals surface area contributed by atoms with Crippen LogP contribution in [0.5, 0.6) is 11.5 Å². The Bertz CT molecular complexity index is 1370. The third kappa shape index (κ3) is 5.46. The van der Waals surface area contributed by atoms with Crippen LogP contribution in [0, 0.1) is 6.92 Å². The summed E-state index contributed by atoms with van der Waals surface area (Å²) in [5, 5.41) is 9.09. The highest BCUT2D eigenvalue weighted by molar-refractivity contribution is 7.92. The number of aromatic nitrogens is 1. The summed E-state index contributed by atoms with van der Waals surface area (Å²) in [6.45, 7) is 1.84. The number of carboxylic acids is 1. The molecule has 1 aromatic heterocycles. The maximum atomic E-state index is 13.7. The summed E-state index contributed by atoms with van der Waals surface area (Å²) in [5.74, 6) is 0.0447. The number of methoxy groups -OCH3 is 1. The number of fused-ring (bicyclic) bond motifs is 1. The monoisotopic (exact) mass is 494 g/mol. The molecule has 0 aliphatic carbocycles. The minimum Gasteiger partial charge on any atom is -0.494 e.